The molecule has 2 aromatic heterocycles. The van der Waals surface area contributed by atoms with Gasteiger partial charge in [-0.1, -0.05) is 6.92 Å². The first-order valence-corrected chi connectivity index (χ1v) is 7.62. The van der Waals surface area contributed by atoms with Crippen LogP contribution in [0.5, 0.6) is 0 Å². The van der Waals surface area contributed by atoms with Crippen LogP contribution in [0.4, 0.5) is 5.82 Å². The second kappa shape index (κ2) is 4.72. The van der Waals surface area contributed by atoms with Crippen LogP contribution in [0.2, 0.25) is 0 Å². The molecule has 0 aromatic carbocycles. The van der Waals surface area contributed by atoms with Gasteiger partial charge in [-0.3, -0.25) is 4.79 Å². The fourth-order valence-corrected chi connectivity index (χ4v) is 3.78. The van der Waals surface area contributed by atoms with Gasteiger partial charge in [0.2, 0.25) is 5.91 Å². The van der Waals surface area contributed by atoms with Crippen molar-refractivity contribution in [2.45, 2.75) is 38.3 Å². The third-order valence-electron chi connectivity index (χ3n) is 4.71. The van der Waals surface area contributed by atoms with Crippen molar-refractivity contribution in [3.8, 4) is 0 Å². The molecule has 0 radical (unpaired) electrons. The molecule has 6 heteroatoms. The maximum Gasteiger partial charge on any atom is 0.222 e. The highest BCUT2D eigenvalue weighted by atomic mass is 16.2. The van der Waals surface area contributed by atoms with Crippen LogP contribution >= 0.6 is 0 Å². The number of nitrogens with one attached hydrogen (secondary N) is 1. The van der Waals surface area contributed by atoms with E-state index in [0.717, 1.165) is 42.8 Å². The van der Waals surface area contributed by atoms with Crippen molar-refractivity contribution in [1.82, 2.24) is 19.9 Å². The lowest BCUT2D eigenvalue weighted by atomic mass is 10.1. The molecular formula is C15H19N5O. The van der Waals surface area contributed by atoms with Crippen molar-refractivity contribution in [2.75, 3.05) is 18.0 Å². The summed E-state index contributed by atoms with van der Waals surface area (Å²) in [7, 11) is 0. The second-order valence-electron chi connectivity index (χ2n) is 5.88. The second-order valence-corrected chi connectivity index (χ2v) is 5.88. The zero-order valence-electron chi connectivity index (χ0n) is 12.1. The van der Waals surface area contributed by atoms with Crippen molar-refractivity contribution >= 4 is 22.8 Å². The fourth-order valence-electron chi connectivity index (χ4n) is 3.78. The Kier molecular flexibility index (Phi) is 2.83. The molecule has 2 fully saturated rings. The van der Waals surface area contributed by atoms with Gasteiger partial charge in [0.25, 0.3) is 0 Å². The van der Waals surface area contributed by atoms with E-state index in [4.69, 9.17) is 0 Å². The zero-order valence-corrected chi connectivity index (χ0v) is 12.1. The molecule has 21 heavy (non-hydrogen) atoms. The molecule has 0 saturated carbocycles. The number of rotatable bonds is 2. The van der Waals surface area contributed by atoms with Crippen molar-refractivity contribution in [3.05, 3.63) is 18.6 Å². The van der Waals surface area contributed by atoms with Crippen LogP contribution < -0.4 is 4.90 Å². The third kappa shape index (κ3) is 1.89. The average Bonchev–Trinajstić information content (AvgIpc) is 3.08. The molecule has 2 saturated heterocycles. The molecule has 2 atom stereocenters. The molecule has 0 spiro atoms. The summed E-state index contributed by atoms with van der Waals surface area (Å²) in [5.41, 5.74) is 0.874. The van der Waals surface area contributed by atoms with Crippen LogP contribution in [0.3, 0.4) is 0 Å². The smallest absolute Gasteiger partial charge is 0.222 e. The molecule has 2 aliphatic rings. The molecule has 1 amide bonds. The van der Waals surface area contributed by atoms with Gasteiger partial charge in [0.05, 0.1) is 5.39 Å². The molecule has 1 N–H and O–H groups in total. The van der Waals surface area contributed by atoms with Crippen LogP contribution in [0, 0.1) is 0 Å². The first-order valence-electron chi connectivity index (χ1n) is 7.62. The van der Waals surface area contributed by atoms with E-state index in [1.54, 1.807) is 6.33 Å². The molecule has 2 aliphatic heterocycles. The SMILES string of the molecule is CCC(=O)N1C2CCC1CN(c1ncnc3[nH]ccc13)C2. The van der Waals surface area contributed by atoms with Crippen LogP contribution in [0.15, 0.2) is 18.6 Å². The number of aromatic nitrogens is 3. The highest BCUT2D eigenvalue weighted by molar-refractivity contribution is 5.87. The van der Waals surface area contributed by atoms with Gasteiger partial charge in [-0.05, 0) is 18.9 Å². The number of anilines is 1. The molecule has 4 heterocycles. The monoisotopic (exact) mass is 285 g/mol. The predicted octanol–water partition coefficient (Wildman–Crippen LogP) is 1.55. The summed E-state index contributed by atoms with van der Waals surface area (Å²) in [6, 6.07) is 2.69. The fraction of sp³-hybridized carbons (Fsp3) is 0.533. The van der Waals surface area contributed by atoms with Gasteiger partial charge >= 0.3 is 0 Å². The summed E-state index contributed by atoms with van der Waals surface area (Å²) in [5, 5.41) is 1.06. The predicted molar refractivity (Wildman–Crippen MR) is 80.0 cm³/mol. The molecule has 2 bridgehead atoms. The summed E-state index contributed by atoms with van der Waals surface area (Å²) in [5.74, 6) is 1.28. The summed E-state index contributed by atoms with van der Waals surface area (Å²) < 4.78 is 0. The Morgan fingerprint density at radius 1 is 1.33 bits per heavy atom. The highest BCUT2D eigenvalue weighted by Gasteiger charge is 2.42. The topological polar surface area (TPSA) is 65.1 Å². The first-order chi connectivity index (χ1) is 10.3. The Morgan fingerprint density at radius 3 is 2.81 bits per heavy atom. The van der Waals surface area contributed by atoms with E-state index >= 15 is 0 Å². The van der Waals surface area contributed by atoms with E-state index in [9.17, 15) is 4.79 Å². The molecule has 0 aliphatic carbocycles. The van der Waals surface area contributed by atoms with Crippen LogP contribution in [-0.4, -0.2) is 50.9 Å². The molecule has 4 rings (SSSR count). The number of aromatic amines is 1. The van der Waals surface area contributed by atoms with E-state index in [1.165, 1.54) is 0 Å². The number of carbonyl (C=O) groups excluding carboxylic acids is 1. The third-order valence-corrected chi connectivity index (χ3v) is 4.71. The maximum absolute atomic E-state index is 12.1. The van der Waals surface area contributed by atoms with E-state index in [-0.39, 0.29) is 5.91 Å². The van der Waals surface area contributed by atoms with Crippen LogP contribution in [-0.2, 0) is 4.79 Å². The average molecular weight is 285 g/mol. The van der Waals surface area contributed by atoms with Crippen molar-refractivity contribution < 1.29 is 4.79 Å². The Balaban J connectivity index is 1.65. The Morgan fingerprint density at radius 2 is 2.10 bits per heavy atom. The number of hydrogen-bond acceptors (Lipinski definition) is 4. The van der Waals surface area contributed by atoms with Gasteiger partial charge in [0.1, 0.15) is 17.8 Å². The highest BCUT2D eigenvalue weighted by Crippen LogP contribution is 2.34. The van der Waals surface area contributed by atoms with Gasteiger partial charge in [-0.15, -0.1) is 0 Å². The van der Waals surface area contributed by atoms with Crippen molar-refractivity contribution in [3.63, 3.8) is 0 Å². The minimum absolute atomic E-state index is 0.289. The van der Waals surface area contributed by atoms with E-state index in [0.29, 0.717) is 18.5 Å². The quantitative estimate of drug-likeness (QED) is 0.909. The van der Waals surface area contributed by atoms with E-state index < -0.39 is 0 Å². The van der Waals surface area contributed by atoms with Crippen molar-refractivity contribution in [1.29, 1.82) is 0 Å². The van der Waals surface area contributed by atoms with Gasteiger partial charge in [0, 0.05) is 37.8 Å². The lowest BCUT2D eigenvalue weighted by Crippen LogP contribution is -2.56. The normalized spacial score (nSPS) is 24.8. The molecular weight excluding hydrogens is 266 g/mol. The standard InChI is InChI=1S/C15H19N5O/c1-2-13(21)20-10-3-4-11(20)8-19(7-10)15-12-5-6-16-14(12)17-9-18-15/h5-6,9-11H,2-4,7-8H2,1H3,(H,16,17,18). The largest absolute Gasteiger partial charge is 0.352 e. The number of fused-ring (bicyclic) bond motifs is 3. The summed E-state index contributed by atoms with van der Waals surface area (Å²) >= 11 is 0. The molecule has 110 valence electrons. The van der Waals surface area contributed by atoms with Gasteiger partial charge in [0.15, 0.2) is 0 Å². The van der Waals surface area contributed by atoms with Gasteiger partial charge in [-0.2, -0.15) is 0 Å². The lowest BCUT2D eigenvalue weighted by molar-refractivity contribution is -0.134. The molecule has 2 aromatic rings. The Labute approximate surface area is 123 Å². The number of carbonyl (C=O) groups is 1. The first kappa shape index (κ1) is 12.6. The van der Waals surface area contributed by atoms with Gasteiger partial charge in [-0.25, -0.2) is 9.97 Å². The summed E-state index contributed by atoms with van der Waals surface area (Å²) in [6.07, 6.45) is 6.32. The maximum atomic E-state index is 12.1. The number of H-pyrrole nitrogens is 1. The zero-order chi connectivity index (χ0) is 14.4. The van der Waals surface area contributed by atoms with E-state index in [1.807, 2.05) is 19.2 Å². The molecule has 2 unspecified atom stereocenters. The minimum Gasteiger partial charge on any atom is -0.352 e. The van der Waals surface area contributed by atoms with Crippen LogP contribution in [0.25, 0.3) is 11.0 Å². The van der Waals surface area contributed by atoms with Crippen LogP contribution in [0.1, 0.15) is 26.2 Å². The Bertz CT molecular complexity index is 668. The summed E-state index contributed by atoms with van der Waals surface area (Å²) in [6.45, 7) is 3.70. The summed E-state index contributed by atoms with van der Waals surface area (Å²) in [4.78, 5) is 28.4. The van der Waals surface area contributed by atoms with E-state index in [2.05, 4.69) is 24.8 Å². The number of piperazine rings is 1. The lowest BCUT2D eigenvalue weighted by Gasteiger charge is -2.41. The number of amides is 1. The Hall–Kier alpha value is -2.11. The van der Waals surface area contributed by atoms with Crippen molar-refractivity contribution in [2.24, 2.45) is 0 Å². The minimum atomic E-state index is 0.289. The number of hydrogen-bond donors (Lipinski definition) is 1. The number of nitrogens with zero attached hydrogens (tertiary/aromatic N) is 4. The van der Waals surface area contributed by atoms with Gasteiger partial charge < -0.3 is 14.8 Å². The molecule has 6 nitrogen and oxygen atoms in total.